The van der Waals surface area contributed by atoms with Gasteiger partial charge in [-0.05, 0) is 49.7 Å². The Morgan fingerprint density at radius 1 is 1.10 bits per heavy atom. The van der Waals surface area contributed by atoms with Crippen LogP contribution >= 0.6 is 0 Å². The fourth-order valence-electron chi connectivity index (χ4n) is 4.01. The topological polar surface area (TPSA) is 61.1 Å². The van der Waals surface area contributed by atoms with Crippen LogP contribution in [0.1, 0.15) is 49.7 Å². The molecular formula is C17H19NO2S. The van der Waals surface area contributed by atoms with Crippen LogP contribution in [0.2, 0.25) is 0 Å². The molecule has 1 aromatic carbocycles. The molecule has 1 N–H and O–H groups in total. The van der Waals surface area contributed by atoms with Crippen molar-refractivity contribution in [2.75, 3.05) is 0 Å². The SMILES string of the molecule is N#CC1(c2ccc(C3(O)CC4CCC(C3)S4=O)cc2)CC1. The Kier molecular flexibility index (Phi) is 2.83. The molecule has 3 aliphatic rings. The van der Waals surface area contributed by atoms with Crippen LogP contribution in [0.5, 0.6) is 0 Å². The molecule has 4 rings (SSSR count). The number of nitrogens with zero attached hydrogens (tertiary/aromatic N) is 1. The molecule has 1 saturated carbocycles. The van der Waals surface area contributed by atoms with Crippen LogP contribution < -0.4 is 0 Å². The molecule has 110 valence electrons. The van der Waals surface area contributed by atoms with E-state index in [1.54, 1.807) is 0 Å². The van der Waals surface area contributed by atoms with Crippen molar-refractivity contribution in [1.29, 1.82) is 5.26 Å². The highest BCUT2D eigenvalue weighted by Crippen LogP contribution is 2.49. The molecule has 1 aromatic rings. The van der Waals surface area contributed by atoms with Crippen LogP contribution in [-0.2, 0) is 21.8 Å². The zero-order chi connectivity index (χ0) is 14.7. The van der Waals surface area contributed by atoms with Crippen molar-refractivity contribution in [3.8, 4) is 6.07 Å². The molecule has 0 aromatic heterocycles. The van der Waals surface area contributed by atoms with Crippen LogP contribution in [0, 0.1) is 11.3 Å². The van der Waals surface area contributed by atoms with E-state index < -0.39 is 16.4 Å². The molecule has 0 amide bonds. The zero-order valence-electron chi connectivity index (χ0n) is 11.9. The Morgan fingerprint density at radius 2 is 1.62 bits per heavy atom. The highest BCUT2D eigenvalue weighted by atomic mass is 32.2. The number of hydrogen-bond donors (Lipinski definition) is 1. The normalized spacial score (nSPS) is 39.7. The van der Waals surface area contributed by atoms with Crippen molar-refractivity contribution in [3.05, 3.63) is 35.4 Å². The Morgan fingerprint density at radius 3 is 2.10 bits per heavy atom. The summed E-state index contributed by atoms with van der Waals surface area (Å²) in [6, 6.07) is 10.3. The first kappa shape index (κ1) is 13.5. The molecule has 2 unspecified atom stereocenters. The summed E-state index contributed by atoms with van der Waals surface area (Å²) in [6.07, 6.45) is 5.06. The van der Waals surface area contributed by atoms with Gasteiger partial charge in [-0.25, -0.2) is 0 Å². The molecular weight excluding hydrogens is 282 g/mol. The fourth-order valence-corrected chi connectivity index (χ4v) is 6.17. The maximum atomic E-state index is 12.1. The lowest BCUT2D eigenvalue weighted by Crippen LogP contribution is -2.40. The molecule has 3 nitrogen and oxygen atoms in total. The first-order chi connectivity index (χ1) is 10.1. The van der Waals surface area contributed by atoms with Crippen molar-refractivity contribution >= 4 is 10.8 Å². The average molecular weight is 301 g/mol. The highest BCUT2D eigenvalue weighted by Gasteiger charge is 2.49. The quantitative estimate of drug-likeness (QED) is 0.913. The van der Waals surface area contributed by atoms with Crippen LogP contribution in [0.4, 0.5) is 0 Å². The molecule has 2 aliphatic heterocycles. The molecule has 2 bridgehead atoms. The fraction of sp³-hybridized carbons (Fsp3) is 0.588. The molecule has 1 aliphatic carbocycles. The van der Waals surface area contributed by atoms with Gasteiger partial charge in [-0.1, -0.05) is 24.3 Å². The van der Waals surface area contributed by atoms with Gasteiger partial charge in [0.05, 0.1) is 17.1 Å². The first-order valence-corrected chi connectivity index (χ1v) is 8.98. The Balaban J connectivity index is 1.62. The summed E-state index contributed by atoms with van der Waals surface area (Å²) in [7, 11) is -0.752. The van der Waals surface area contributed by atoms with Crippen LogP contribution in [0.3, 0.4) is 0 Å². The minimum absolute atomic E-state index is 0.155. The van der Waals surface area contributed by atoms with Gasteiger partial charge in [-0.15, -0.1) is 0 Å². The molecule has 0 spiro atoms. The van der Waals surface area contributed by atoms with Crippen LogP contribution in [0.25, 0.3) is 0 Å². The first-order valence-electron chi connectivity index (χ1n) is 7.70. The predicted molar refractivity (Wildman–Crippen MR) is 81.1 cm³/mol. The second-order valence-electron chi connectivity index (χ2n) is 6.86. The third-order valence-electron chi connectivity index (χ3n) is 5.54. The molecule has 2 heterocycles. The lowest BCUT2D eigenvalue weighted by Gasteiger charge is -2.36. The summed E-state index contributed by atoms with van der Waals surface area (Å²) in [5, 5.41) is 20.6. The molecule has 3 fully saturated rings. The van der Waals surface area contributed by atoms with Crippen molar-refractivity contribution in [1.82, 2.24) is 0 Å². The third kappa shape index (κ3) is 1.98. The van der Waals surface area contributed by atoms with Gasteiger partial charge in [-0.3, -0.25) is 4.21 Å². The Hall–Kier alpha value is -1.18. The maximum absolute atomic E-state index is 12.1. The maximum Gasteiger partial charge on any atom is 0.0919 e. The van der Waals surface area contributed by atoms with Crippen molar-refractivity contribution < 1.29 is 9.32 Å². The molecule has 21 heavy (non-hydrogen) atoms. The van der Waals surface area contributed by atoms with Gasteiger partial charge in [0.25, 0.3) is 0 Å². The van der Waals surface area contributed by atoms with Crippen molar-refractivity contribution in [2.45, 2.75) is 60.0 Å². The number of benzene rings is 1. The molecule has 0 radical (unpaired) electrons. The lowest BCUT2D eigenvalue weighted by atomic mass is 9.84. The van der Waals surface area contributed by atoms with Gasteiger partial charge in [0, 0.05) is 21.3 Å². The monoisotopic (exact) mass is 301 g/mol. The number of rotatable bonds is 2. The third-order valence-corrected chi connectivity index (χ3v) is 7.66. The van der Waals surface area contributed by atoms with E-state index in [4.69, 9.17) is 0 Å². The number of aliphatic hydroxyl groups is 1. The summed E-state index contributed by atoms with van der Waals surface area (Å²) >= 11 is 0. The van der Waals surface area contributed by atoms with E-state index in [-0.39, 0.29) is 15.9 Å². The molecule has 2 saturated heterocycles. The van der Waals surface area contributed by atoms with E-state index >= 15 is 0 Å². The second kappa shape index (κ2) is 4.41. The zero-order valence-corrected chi connectivity index (χ0v) is 12.7. The number of hydrogen-bond acceptors (Lipinski definition) is 3. The van der Waals surface area contributed by atoms with Gasteiger partial charge >= 0.3 is 0 Å². The minimum Gasteiger partial charge on any atom is -0.385 e. The van der Waals surface area contributed by atoms with E-state index in [9.17, 15) is 14.6 Å². The van der Waals surface area contributed by atoms with Crippen molar-refractivity contribution in [2.24, 2.45) is 0 Å². The summed E-state index contributed by atoms with van der Waals surface area (Å²) in [5.41, 5.74) is 0.892. The van der Waals surface area contributed by atoms with Crippen molar-refractivity contribution in [3.63, 3.8) is 0 Å². The van der Waals surface area contributed by atoms with Gasteiger partial charge in [-0.2, -0.15) is 5.26 Å². The van der Waals surface area contributed by atoms with Crippen LogP contribution in [0.15, 0.2) is 24.3 Å². The van der Waals surface area contributed by atoms with Gasteiger partial charge in [0.2, 0.25) is 0 Å². The smallest absolute Gasteiger partial charge is 0.0919 e. The number of fused-ring (bicyclic) bond motifs is 2. The predicted octanol–water partition coefficient (Wildman–Crippen LogP) is 2.50. The summed E-state index contributed by atoms with van der Waals surface area (Å²) in [5.74, 6) is 0. The van der Waals surface area contributed by atoms with Crippen LogP contribution in [-0.4, -0.2) is 19.8 Å². The van der Waals surface area contributed by atoms with E-state index in [1.165, 1.54) is 0 Å². The summed E-state index contributed by atoms with van der Waals surface area (Å²) in [4.78, 5) is 0. The molecule has 4 heteroatoms. The number of nitriles is 1. The Labute approximate surface area is 127 Å². The van der Waals surface area contributed by atoms with E-state index in [0.29, 0.717) is 12.8 Å². The standard InChI is InChI=1S/C17H19NO2S/c18-11-16(7-8-16)12-1-3-13(4-2-12)17(19)9-14-5-6-15(10-17)21(14)20/h1-4,14-15,19H,5-10H2. The Bertz CT molecular complexity index is 626. The van der Waals surface area contributed by atoms with Gasteiger partial charge < -0.3 is 5.11 Å². The highest BCUT2D eigenvalue weighted by molar-refractivity contribution is 7.86. The lowest BCUT2D eigenvalue weighted by molar-refractivity contribution is 0.0184. The molecule has 2 atom stereocenters. The van der Waals surface area contributed by atoms with E-state index in [1.807, 2.05) is 24.3 Å². The minimum atomic E-state index is -0.832. The van der Waals surface area contributed by atoms with Gasteiger partial charge in [0.15, 0.2) is 0 Å². The average Bonchev–Trinajstić information content (AvgIpc) is 3.26. The van der Waals surface area contributed by atoms with Gasteiger partial charge in [0.1, 0.15) is 0 Å². The van der Waals surface area contributed by atoms with E-state index in [2.05, 4.69) is 6.07 Å². The summed E-state index contributed by atoms with van der Waals surface area (Å²) < 4.78 is 12.1. The summed E-state index contributed by atoms with van der Waals surface area (Å²) in [6.45, 7) is 0. The van der Waals surface area contributed by atoms with E-state index in [0.717, 1.165) is 36.8 Å². The largest absolute Gasteiger partial charge is 0.385 e. The second-order valence-corrected chi connectivity index (χ2v) is 8.85.